The molecule has 0 radical (unpaired) electrons. The molecule has 38 heavy (non-hydrogen) atoms. The maximum atomic E-state index is 13.3. The first-order valence-corrected chi connectivity index (χ1v) is 10.9. The molecular weight excluding hydrogens is 502 g/mol. The first-order chi connectivity index (χ1) is 18.0. The van der Waals surface area contributed by atoms with E-state index in [2.05, 4.69) is 0 Å². The molecule has 14 nitrogen and oxygen atoms in total. The van der Waals surface area contributed by atoms with Crippen LogP contribution in [0.1, 0.15) is 13.3 Å². The molecule has 1 amide bonds. The van der Waals surface area contributed by atoms with E-state index < -0.39 is 34.4 Å². The largest absolute Gasteiger partial charge is 0.497 e. The number of hydrogen-bond donors (Lipinski definition) is 2. The number of ketones is 1. The van der Waals surface area contributed by atoms with Crippen LogP contribution in [0.4, 0.5) is 28.4 Å². The minimum atomic E-state index is -1.77. The predicted molar refractivity (Wildman–Crippen MR) is 136 cm³/mol. The van der Waals surface area contributed by atoms with Crippen LogP contribution >= 0.6 is 0 Å². The van der Waals surface area contributed by atoms with Crippen LogP contribution in [0.2, 0.25) is 0 Å². The molecule has 4 N–H and O–H groups in total. The normalized spacial score (nSPS) is 10.5. The van der Waals surface area contributed by atoms with Crippen molar-refractivity contribution in [2.75, 3.05) is 23.5 Å². The third kappa shape index (κ3) is 6.42. The Hall–Kier alpha value is -5.40. The van der Waals surface area contributed by atoms with Crippen LogP contribution in [-0.2, 0) is 9.59 Å². The topological polar surface area (TPSA) is 203 Å². The van der Waals surface area contributed by atoms with Crippen molar-refractivity contribution in [1.82, 2.24) is 0 Å². The van der Waals surface area contributed by atoms with E-state index in [1.54, 1.807) is 0 Å². The summed E-state index contributed by atoms with van der Waals surface area (Å²) in [5.41, 5.74) is 11.3. The molecule has 3 aromatic rings. The van der Waals surface area contributed by atoms with Gasteiger partial charge in [-0.25, -0.2) is 4.90 Å². The van der Waals surface area contributed by atoms with Crippen LogP contribution in [0.5, 0.6) is 17.2 Å². The van der Waals surface area contributed by atoms with Gasteiger partial charge in [-0.2, -0.15) is 0 Å². The molecule has 0 heterocycles. The number of Topliss-reactive ketones (excluding diaryl/α,β-unsaturated/α-hetero) is 1. The molecule has 0 aliphatic carbocycles. The van der Waals surface area contributed by atoms with E-state index in [0.29, 0.717) is 5.75 Å². The number of nitro benzene ring substituents is 2. The van der Waals surface area contributed by atoms with Gasteiger partial charge >= 0.3 is 6.41 Å². The van der Waals surface area contributed by atoms with E-state index in [1.807, 2.05) is 0 Å². The Balaban J connectivity index is 2.17. The lowest BCUT2D eigenvalue weighted by Gasteiger charge is -2.32. The second-order valence-electron chi connectivity index (χ2n) is 7.84. The molecule has 198 valence electrons. The van der Waals surface area contributed by atoms with Crippen molar-refractivity contribution in [2.45, 2.75) is 19.8 Å². The maximum Gasteiger partial charge on any atom is 0.334 e. The zero-order valence-corrected chi connectivity index (χ0v) is 20.2. The summed E-state index contributed by atoms with van der Waals surface area (Å²) in [7, 11) is 1.44. The van der Waals surface area contributed by atoms with Crippen LogP contribution in [-0.4, -0.2) is 35.1 Å². The number of nitrogens with zero attached hydrogens (tertiary/aromatic N) is 3. The number of benzene rings is 3. The maximum absolute atomic E-state index is 13.3. The molecule has 0 bridgehead atoms. The van der Waals surface area contributed by atoms with Gasteiger partial charge in [-0.05, 0) is 43.3 Å². The summed E-state index contributed by atoms with van der Waals surface area (Å²) in [4.78, 5) is 47.4. The summed E-state index contributed by atoms with van der Waals surface area (Å²) in [5, 5.41) is 22.6. The molecule has 0 aliphatic heterocycles. The SMILES string of the molecule is COc1ccc(N(C(=O)CC(C)=O)C(Oc2cc([N+](=O)[O-])ccc2N)Oc2cc([N+](=O)[O-])ccc2N)cc1. The summed E-state index contributed by atoms with van der Waals surface area (Å²) >= 11 is 0. The molecule has 0 spiro atoms. The quantitative estimate of drug-likeness (QED) is 0.122. The molecule has 0 fully saturated rings. The van der Waals surface area contributed by atoms with Gasteiger partial charge in [0.05, 0.1) is 52.6 Å². The number of non-ortho nitro benzene ring substituents is 2. The zero-order chi connectivity index (χ0) is 28.0. The molecule has 0 unspecified atom stereocenters. The Morgan fingerprint density at radius 3 is 1.74 bits per heavy atom. The number of ether oxygens (including phenoxy) is 3. The lowest BCUT2D eigenvalue weighted by molar-refractivity contribution is -0.385. The number of methoxy groups -OCH3 is 1. The lowest BCUT2D eigenvalue weighted by atomic mass is 10.2. The number of carbonyl (C=O) groups excluding carboxylic acids is 2. The van der Waals surface area contributed by atoms with Gasteiger partial charge in [0.2, 0.25) is 5.91 Å². The van der Waals surface area contributed by atoms with Crippen LogP contribution in [0, 0.1) is 20.2 Å². The van der Waals surface area contributed by atoms with Gasteiger partial charge in [0, 0.05) is 12.1 Å². The molecule has 14 heteroatoms. The number of nitrogen functional groups attached to an aromatic ring is 2. The summed E-state index contributed by atoms with van der Waals surface area (Å²) in [5.74, 6) is -1.26. The summed E-state index contributed by atoms with van der Waals surface area (Å²) in [6, 6.07) is 12.8. The first-order valence-electron chi connectivity index (χ1n) is 10.9. The van der Waals surface area contributed by atoms with Crippen molar-refractivity contribution in [3.8, 4) is 17.2 Å². The molecule has 0 atom stereocenters. The number of hydrogen-bond acceptors (Lipinski definition) is 11. The van der Waals surface area contributed by atoms with Gasteiger partial charge < -0.3 is 25.7 Å². The van der Waals surface area contributed by atoms with E-state index >= 15 is 0 Å². The van der Waals surface area contributed by atoms with Gasteiger partial charge in [-0.3, -0.25) is 29.8 Å². The fraction of sp³-hybridized carbons (Fsp3) is 0.167. The number of carbonyl (C=O) groups is 2. The highest BCUT2D eigenvalue weighted by molar-refractivity contribution is 6.05. The van der Waals surface area contributed by atoms with Crippen molar-refractivity contribution < 1.29 is 33.6 Å². The van der Waals surface area contributed by atoms with Crippen molar-refractivity contribution in [3.63, 3.8) is 0 Å². The van der Waals surface area contributed by atoms with E-state index in [0.717, 1.165) is 29.2 Å². The number of rotatable bonds is 11. The van der Waals surface area contributed by atoms with Crippen LogP contribution < -0.4 is 30.6 Å². The van der Waals surface area contributed by atoms with Gasteiger partial charge in [0.25, 0.3) is 11.4 Å². The number of anilines is 3. The van der Waals surface area contributed by atoms with Crippen LogP contribution in [0.15, 0.2) is 60.7 Å². The molecule has 3 aromatic carbocycles. The Kier molecular flexibility index (Phi) is 8.27. The number of nitro groups is 2. The Morgan fingerprint density at radius 2 is 1.34 bits per heavy atom. The van der Waals surface area contributed by atoms with Gasteiger partial charge in [-0.15, -0.1) is 0 Å². The Labute approximate surface area is 215 Å². The van der Waals surface area contributed by atoms with E-state index in [4.69, 9.17) is 25.7 Å². The average molecular weight is 525 g/mol. The Bertz CT molecular complexity index is 1310. The predicted octanol–water partition coefficient (Wildman–Crippen LogP) is 3.43. The van der Waals surface area contributed by atoms with Crippen molar-refractivity contribution in [2.24, 2.45) is 0 Å². The second-order valence-corrected chi connectivity index (χ2v) is 7.84. The monoisotopic (exact) mass is 525 g/mol. The third-order valence-electron chi connectivity index (χ3n) is 5.10. The standard InChI is InChI=1S/C24H23N5O9/c1-14(30)11-23(31)27(15-3-7-18(36-2)8-4-15)24(37-21-12-16(28(32)33)5-9-19(21)25)38-22-13-17(29(34)35)6-10-20(22)26/h3-10,12-13,24H,11,25-26H2,1-2H3. The third-order valence-corrected chi connectivity index (χ3v) is 5.10. The summed E-state index contributed by atoms with van der Waals surface area (Å²) in [6.45, 7) is 1.21. The highest BCUT2D eigenvalue weighted by Gasteiger charge is 2.32. The van der Waals surface area contributed by atoms with E-state index in [-0.39, 0.29) is 39.9 Å². The summed E-state index contributed by atoms with van der Waals surface area (Å²) < 4.78 is 16.9. The highest BCUT2D eigenvalue weighted by Crippen LogP contribution is 2.33. The second kappa shape index (κ2) is 11.6. The first kappa shape index (κ1) is 27.2. The van der Waals surface area contributed by atoms with E-state index in [1.165, 1.54) is 50.4 Å². The molecule has 3 rings (SSSR count). The minimum Gasteiger partial charge on any atom is -0.497 e. The van der Waals surface area contributed by atoms with Gasteiger partial charge in [0.1, 0.15) is 11.5 Å². The molecule has 0 aliphatic rings. The average Bonchev–Trinajstić information content (AvgIpc) is 2.86. The number of nitrogens with two attached hydrogens (primary N) is 2. The van der Waals surface area contributed by atoms with Crippen molar-refractivity contribution >= 4 is 40.1 Å². The lowest BCUT2D eigenvalue weighted by Crippen LogP contribution is -2.48. The smallest absolute Gasteiger partial charge is 0.334 e. The fourth-order valence-electron chi connectivity index (χ4n) is 3.25. The van der Waals surface area contributed by atoms with Crippen molar-refractivity contribution in [1.29, 1.82) is 0 Å². The molecule has 0 saturated heterocycles. The summed E-state index contributed by atoms with van der Waals surface area (Å²) in [6.07, 6.45) is -2.34. The molecule has 0 aromatic heterocycles. The van der Waals surface area contributed by atoms with Gasteiger partial charge in [0.15, 0.2) is 11.5 Å². The minimum absolute atomic E-state index is 0.0371. The Morgan fingerprint density at radius 1 is 0.868 bits per heavy atom. The molecule has 0 saturated carbocycles. The van der Waals surface area contributed by atoms with Crippen LogP contribution in [0.25, 0.3) is 0 Å². The zero-order valence-electron chi connectivity index (χ0n) is 20.2. The molecular formula is C24H23N5O9. The number of amides is 1. The highest BCUT2D eigenvalue weighted by atomic mass is 16.7. The van der Waals surface area contributed by atoms with Gasteiger partial charge in [-0.1, -0.05) is 0 Å². The fourth-order valence-corrected chi connectivity index (χ4v) is 3.25. The van der Waals surface area contributed by atoms with Crippen molar-refractivity contribution in [3.05, 3.63) is 80.9 Å². The van der Waals surface area contributed by atoms with Crippen LogP contribution in [0.3, 0.4) is 0 Å². The van der Waals surface area contributed by atoms with E-state index in [9.17, 15) is 29.8 Å².